The Kier molecular flexibility index (Phi) is 5.86. The fourth-order valence-electron chi connectivity index (χ4n) is 2.85. The zero-order chi connectivity index (χ0) is 21.1. The number of carbonyl (C=O) groups is 1. The molecule has 1 atom stereocenters. The molecule has 0 aliphatic heterocycles. The molecule has 30 heavy (non-hydrogen) atoms. The Labute approximate surface area is 180 Å². The highest BCUT2D eigenvalue weighted by molar-refractivity contribution is 8.00. The number of amides is 1. The summed E-state index contributed by atoms with van der Waals surface area (Å²) in [5.74, 6) is 0.550. The number of nitrogens with one attached hydrogen (secondary N) is 1. The molecule has 0 bridgehead atoms. The smallest absolute Gasteiger partial charge is 0.300 e. The van der Waals surface area contributed by atoms with E-state index in [0.717, 1.165) is 4.88 Å². The van der Waals surface area contributed by atoms with Crippen molar-refractivity contribution in [1.29, 1.82) is 0 Å². The molecular weight excluding hydrogens is 422 g/mol. The van der Waals surface area contributed by atoms with Crippen LogP contribution >= 0.6 is 23.1 Å². The summed E-state index contributed by atoms with van der Waals surface area (Å²) in [4.78, 5) is 26.4. The molecule has 0 spiro atoms. The van der Waals surface area contributed by atoms with E-state index in [1.54, 1.807) is 48.2 Å². The van der Waals surface area contributed by atoms with E-state index in [9.17, 15) is 9.59 Å². The Morgan fingerprint density at radius 1 is 1.27 bits per heavy atom. The largest absolute Gasteiger partial charge is 0.497 e. The predicted molar refractivity (Wildman–Crippen MR) is 117 cm³/mol. The number of methoxy groups -OCH3 is 1. The van der Waals surface area contributed by atoms with Crippen LogP contribution in [0.15, 0.2) is 64.1 Å². The van der Waals surface area contributed by atoms with Gasteiger partial charge in [0.1, 0.15) is 5.75 Å². The zero-order valence-corrected chi connectivity index (χ0v) is 17.9. The van der Waals surface area contributed by atoms with Crippen LogP contribution in [0, 0.1) is 0 Å². The topological polar surface area (TPSA) is 90.5 Å². The third-order valence-corrected chi connectivity index (χ3v) is 6.37. The van der Waals surface area contributed by atoms with Gasteiger partial charge in [-0.25, -0.2) is 0 Å². The van der Waals surface area contributed by atoms with Gasteiger partial charge in [0.05, 0.1) is 24.6 Å². The Morgan fingerprint density at radius 3 is 2.90 bits per heavy atom. The molecule has 1 N–H and O–H groups in total. The van der Waals surface area contributed by atoms with Gasteiger partial charge in [-0.2, -0.15) is 0 Å². The fraction of sp³-hybridized carbons (Fsp3) is 0.200. The first-order valence-electron chi connectivity index (χ1n) is 9.14. The molecule has 0 aliphatic rings. The van der Waals surface area contributed by atoms with Gasteiger partial charge in [0.25, 0.3) is 0 Å². The average molecular weight is 442 g/mol. The van der Waals surface area contributed by atoms with Crippen molar-refractivity contribution in [2.24, 2.45) is 0 Å². The van der Waals surface area contributed by atoms with Crippen LogP contribution in [0.2, 0.25) is 0 Å². The molecule has 4 rings (SSSR count). The van der Waals surface area contributed by atoms with Gasteiger partial charge < -0.3 is 10.1 Å². The lowest BCUT2D eigenvalue weighted by atomic mass is 10.3. The van der Waals surface area contributed by atoms with Crippen molar-refractivity contribution in [2.75, 3.05) is 7.11 Å². The molecule has 1 unspecified atom stereocenters. The lowest BCUT2D eigenvalue weighted by molar-refractivity contribution is -0.120. The highest BCUT2D eigenvalue weighted by Gasteiger charge is 2.19. The van der Waals surface area contributed by atoms with Gasteiger partial charge in [-0.3, -0.25) is 18.6 Å². The number of aromatic nitrogens is 4. The van der Waals surface area contributed by atoms with E-state index in [1.807, 2.05) is 35.7 Å². The maximum atomic E-state index is 12.9. The minimum atomic E-state index is -0.391. The van der Waals surface area contributed by atoms with E-state index >= 15 is 0 Å². The monoisotopic (exact) mass is 441 g/mol. The molecule has 0 saturated heterocycles. The molecule has 0 fully saturated rings. The average Bonchev–Trinajstić information content (AvgIpc) is 3.43. The molecule has 154 valence electrons. The highest BCUT2D eigenvalue weighted by Crippen LogP contribution is 2.22. The van der Waals surface area contributed by atoms with E-state index < -0.39 is 5.25 Å². The third-order valence-electron chi connectivity index (χ3n) is 4.44. The quantitative estimate of drug-likeness (QED) is 0.444. The number of nitrogens with zero attached hydrogens (tertiary/aromatic N) is 4. The van der Waals surface area contributed by atoms with Gasteiger partial charge in [0.15, 0.2) is 5.16 Å². The van der Waals surface area contributed by atoms with Crippen LogP contribution in [0.5, 0.6) is 5.75 Å². The number of fused-ring (bicyclic) bond motifs is 1. The van der Waals surface area contributed by atoms with Crippen LogP contribution in [0.1, 0.15) is 11.8 Å². The second-order valence-electron chi connectivity index (χ2n) is 6.41. The zero-order valence-electron chi connectivity index (χ0n) is 16.3. The number of hydrogen-bond acceptors (Lipinski definition) is 7. The van der Waals surface area contributed by atoms with Gasteiger partial charge in [-0.05, 0) is 30.5 Å². The normalized spacial score (nSPS) is 12.1. The van der Waals surface area contributed by atoms with Crippen LogP contribution in [0.25, 0.3) is 11.3 Å². The number of ether oxygens (including phenoxy) is 1. The highest BCUT2D eigenvalue weighted by atomic mass is 32.2. The van der Waals surface area contributed by atoms with E-state index in [4.69, 9.17) is 4.74 Å². The van der Waals surface area contributed by atoms with Crippen molar-refractivity contribution in [3.05, 3.63) is 69.4 Å². The van der Waals surface area contributed by atoms with Crippen molar-refractivity contribution in [3.8, 4) is 11.4 Å². The number of thioether (sulfide) groups is 1. The van der Waals surface area contributed by atoms with Gasteiger partial charge in [0, 0.05) is 23.3 Å². The van der Waals surface area contributed by atoms with Crippen molar-refractivity contribution in [2.45, 2.75) is 23.9 Å². The van der Waals surface area contributed by atoms with Gasteiger partial charge in [0.2, 0.25) is 11.6 Å². The summed E-state index contributed by atoms with van der Waals surface area (Å²) in [6.07, 6.45) is 3.37. The SMILES string of the molecule is COc1cccc(-n2ccn3c(SC(C)C(=O)NCc4cccs4)nnc3c2=O)c1. The summed E-state index contributed by atoms with van der Waals surface area (Å²) in [6.45, 7) is 2.29. The first-order valence-corrected chi connectivity index (χ1v) is 10.9. The van der Waals surface area contributed by atoms with Crippen LogP contribution in [0.3, 0.4) is 0 Å². The maximum absolute atomic E-state index is 12.9. The summed E-state index contributed by atoms with van der Waals surface area (Å²) in [5, 5.41) is 13.1. The number of benzene rings is 1. The second kappa shape index (κ2) is 8.72. The lowest BCUT2D eigenvalue weighted by Gasteiger charge is -2.11. The molecule has 0 aliphatic carbocycles. The summed E-state index contributed by atoms with van der Waals surface area (Å²) < 4.78 is 8.32. The number of rotatable bonds is 7. The standard InChI is InChI=1S/C20H19N5O3S2/c1-13(18(26)21-12-16-7-4-10-29-16)30-20-23-22-17-19(27)24(8-9-25(17)20)14-5-3-6-15(11-14)28-2/h3-11,13H,12H2,1-2H3,(H,21,26). The Balaban J connectivity index is 1.54. The van der Waals surface area contributed by atoms with Gasteiger partial charge in [-0.15, -0.1) is 21.5 Å². The van der Waals surface area contributed by atoms with E-state index in [1.165, 1.54) is 16.3 Å². The summed E-state index contributed by atoms with van der Waals surface area (Å²) in [5.41, 5.74) is 0.550. The van der Waals surface area contributed by atoms with Crippen molar-refractivity contribution in [1.82, 2.24) is 24.5 Å². The molecule has 1 aromatic carbocycles. The second-order valence-corrected chi connectivity index (χ2v) is 8.75. The van der Waals surface area contributed by atoms with E-state index in [-0.39, 0.29) is 17.1 Å². The maximum Gasteiger partial charge on any atom is 0.300 e. The summed E-state index contributed by atoms with van der Waals surface area (Å²) in [6, 6.07) is 11.1. The predicted octanol–water partition coefficient (Wildman–Crippen LogP) is 2.75. The van der Waals surface area contributed by atoms with E-state index in [2.05, 4.69) is 15.5 Å². The first kappa shape index (κ1) is 20.2. The van der Waals surface area contributed by atoms with E-state index in [0.29, 0.717) is 23.1 Å². The molecule has 10 heteroatoms. The van der Waals surface area contributed by atoms with Gasteiger partial charge in [-0.1, -0.05) is 23.9 Å². The molecule has 1 amide bonds. The molecule has 4 aromatic rings. The van der Waals surface area contributed by atoms with Crippen molar-refractivity contribution < 1.29 is 9.53 Å². The Bertz CT molecular complexity index is 1230. The number of hydrogen-bond donors (Lipinski definition) is 1. The summed E-state index contributed by atoms with van der Waals surface area (Å²) in [7, 11) is 1.57. The van der Waals surface area contributed by atoms with Crippen LogP contribution in [-0.2, 0) is 11.3 Å². The molecule has 3 aromatic heterocycles. The molecule has 8 nitrogen and oxygen atoms in total. The molecule has 0 radical (unpaired) electrons. The summed E-state index contributed by atoms with van der Waals surface area (Å²) >= 11 is 2.85. The number of thiophene rings is 1. The molecule has 3 heterocycles. The lowest BCUT2D eigenvalue weighted by Crippen LogP contribution is -2.30. The third kappa shape index (κ3) is 4.10. The minimum Gasteiger partial charge on any atom is -0.497 e. The van der Waals surface area contributed by atoms with Crippen molar-refractivity contribution >= 4 is 34.7 Å². The van der Waals surface area contributed by atoms with Gasteiger partial charge >= 0.3 is 5.56 Å². The number of carbonyl (C=O) groups excluding carboxylic acids is 1. The molecular formula is C20H19N5O3S2. The molecule has 0 saturated carbocycles. The Morgan fingerprint density at radius 2 is 2.13 bits per heavy atom. The Hall–Kier alpha value is -3.11. The minimum absolute atomic E-state index is 0.102. The van der Waals surface area contributed by atoms with Crippen LogP contribution in [-0.4, -0.2) is 37.4 Å². The first-order chi connectivity index (χ1) is 14.6. The van der Waals surface area contributed by atoms with Crippen LogP contribution in [0.4, 0.5) is 0 Å². The fourth-order valence-corrected chi connectivity index (χ4v) is 4.35. The van der Waals surface area contributed by atoms with Crippen LogP contribution < -0.4 is 15.6 Å². The van der Waals surface area contributed by atoms with Crippen molar-refractivity contribution in [3.63, 3.8) is 0 Å².